The van der Waals surface area contributed by atoms with Crippen molar-refractivity contribution in [1.29, 1.82) is 0 Å². The Kier molecular flexibility index (Phi) is 3.19. The third-order valence-corrected chi connectivity index (χ3v) is 3.83. The Balaban J connectivity index is 1.88. The van der Waals surface area contributed by atoms with E-state index in [1.165, 1.54) is 6.26 Å². The summed E-state index contributed by atoms with van der Waals surface area (Å²) in [6.07, 6.45) is 1.47. The van der Waals surface area contributed by atoms with E-state index >= 15 is 0 Å². The lowest BCUT2D eigenvalue weighted by molar-refractivity contribution is 0.171. The van der Waals surface area contributed by atoms with Crippen molar-refractivity contribution in [3.8, 4) is 28.4 Å². The molecule has 2 heterocycles. The molecule has 0 amide bonds. The van der Waals surface area contributed by atoms with Gasteiger partial charge in [0.15, 0.2) is 11.5 Å². The minimum Gasteiger partial charge on any atom is -0.497 e. The molecule has 1 aliphatic rings. The Hall–Kier alpha value is -2.95. The van der Waals surface area contributed by atoms with E-state index < -0.39 is 0 Å². The monoisotopic (exact) mass is 310 g/mol. The van der Waals surface area contributed by atoms with Gasteiger partial charge in [-0.05, 0) is 35.9 Å². The van der Waals surface area contributed by atoms with Gasteiger partial charge in [0.1, 0.15) is 30.8 Å². The molecule has 0 N–H and O–H groups in total. The summed E-state index contributed by atoms with van der Waals surface area (Å²) >= 11 is 0. The molecular formula is C18H14O5. The van der Waals surface area contributed by atoms with Crippen LogP contribution in [0.2, 0.25) is 0 Å². The Morgan fingerprint density at radius 2 is 1.83 bits per heavy atom. The minimum atomic E-state index is -0.109. The summed E-state index contributed by atoms with van der Waals surface area (Å²) in [6.45, 7) is 1.03. The molecule has 0 radical (unpaired) electrons. The third kappa shape index (κ3) is 2.30. The average Bonchev–Trinajstić information content (AvgIpc) is 2.61. The predicted molar refractivity (Wildman–Crippen MR) is 85.5 cm³/mol. The van der Waals surface area contributed by atoms with Gasteiger partial charge in [-0.15, -0.1) is 0 Å². The SMILES string of the molecule is COc1ccc2occ(-c3ccc4c(c3)OCCO4)c(=O)c2c1. The zero-order valence-electron chi connectivity index (χ0n) is 12.5. The van der Waals surface area contributed by atoms with Crippen LogP contribution in [0.3, 0.4) is 0 Å². The van der Waals surface area contributed by atoms with Crippen LogP contribution in [-0.4, -0.2) is 20.3 Å². The summed E-state index contributed by atoms with van der Waals surface area (Å²) in [5.74, 6) is 1.94. The van der Waals surface area contributed by atoms with Gasteiger partial charge in [0.2, 0.25) is 5.43 Å². The van der Waals surface area contributed by atoms with Gasteiger partial charge >= 0.3 is 0 Å². The number of rotatable bonds is 2. The largest absolute Gasteiger partial charge is 0.497 e. The molecule has 23 heavy (non-hydrogen) atoms. The van der Waals surface area contributed by atoms with E-state index in [1.807, 2.05) is 6.07 Å². The van der Waals surface area contributed by atoms with Crippen molar-refractivity contribution in [1.82, 2.24) is 0 Å². The van der Waals surface area contributed by atoms with Crippen LogP contribution < -0.4 is 19.6 Å². The fraction of sp³-hybridized carbons (Fsp3) is 0.167. The molecule has 5 nitrogen and oxygen atoms in total. The lowest BCUT2D eigenvalue weighted by Gasteiger charge is -2.18. The highest BCUT2D eigenvalue weighted by atomic mass is 16.6. The molecule has 1 aromatic heterocycles. The zero-order valence-corrected chi connectivity index (χ0v) is 12.5. The maximum absolute atomic E-state index is 12.8. The normalized spacial score (nSPS) is 13.1. The lowest BCUT2D eigenvalue weighted by atomic mass is 10.0. The highest BCUT2D eigenvalue weighted by molar-refractivity contribution is 5.83. The first-order chi connectivity index (χ1) is 11.3. The van der Waals surface area contributed by atoms with Gasteiger partial charge in [0, 0.05) is 0 Å². The second-order valence-electron chi connectivity index (χ2n) is 5.20. The second-order valence-corrected chi connectivity index (χ2v) is 5.20. The number of fused-ring (bicyclic) bond motifs is 2. The van der Waals surface area contributed by atoms with Crippen molar-refractivity contribution in [3.05, 3.63) is 52.9 Å². The van der Waals surface area contributed by atoms with Crippen molar-refractivity contribution in [3.63, 3.8) is 0 Å². The first kappa shape index (κ1) is 13.7. The minimum absolute atomic E-state index is 0.109. The summed E-state index contributed by atoms with van der Waals surface area (Å²) in [5, 5.41) is 0.483. The summed E-state index contributed by atoms with van der Waals surface area (Å²) in [7, 11) is 1.56. The number of hydrogen-bond donors (Lipinski definition) is 0. The summed E-state index contributed by atoms with van der Waals surface area (Å²) in [4.78, 5) is 12.8. The van der Waals surface area contributed by atoms with E-state index in [0.29, 0.717) is 47.0 Å². The Labute approximate surface area is 132 Å². The molecule has 0 spiro atoms. The molecule has 1 aliphatic heterocycles. The summed E-state index contributed by atoms with van der Waals surface area (Å²) in [6, 6.07) is 10.6. The number of benzene rings is 2. The van der Waals surface area contributed by atoms with Gasteiger partial charge < -0.3 is 18.6 Å². The lowest BCUT2D eigenvalue weighted by Crippen LogP contribution is -2.15. The maximum Gasteiger partial charge on any atom is 0.200 e. The standard InChI is InChI=1S/C18H14O5/c1-20-12-3-5-15-13(9-12)18(19)14(10-23-15)11-2-4-16-17(8-11)22-7-6-21-16/h2-5,8-10H,6-7H2,1H3. The van der Waals surface area contributed by atoms with Gasteiger partial charge in [-0.3, -0.25) is 4.79 Å². The van der Waals surface area contributed by atoms with Crippen LogP contribution in [-0.2, 0) is 0 Å². The number of ether oxygens (including phenoxy) is 3. The van der Waals surface area contributed by atoms with Gasteiger partial charge in [-0.1, -0.05) is 6.07 Å². The molecule has 2 aromatic carbocycles. The summed E-state index contributed by atoms with van der Waals surface area (Å²) in [5.41, 5.74) is 1.62. The van der Waals surface area contributed by atoms with Gasteiger partial charge in [-0.2, -0.15) is 0 Å². The maximum atomic E-state index is 12.8. The van der Waals surface area contributed by atoms with Crippen molar-refractivity contribution in [2.75, 3.05) is 20.3 Å². The van der Waals surface area contributed by atoms with Crippen LogP contribution in [0, 0.1) is 0 Å². The fourth-order valence-electron chi connectivity index (χ4n) is 2.65. The van der Waals surface area contributed by atoms with E-state index in [9.17, 15) is 4.79 Å². The molecule has 0 aliphatic carbocycles. The summed E-state index contributed by atoms with van der Waals surface area (Å²) < 4.78 is 21.8. The van der Waals surface area contributed by atoms with E-state index in [0.717, 1.165) is 5.56 Å². The predicted octanol–water partition coefficient (Wildman–Crippen LogP) is 3.24. The van der Waals surface area contributed by atoms with Gasteiger partial charge in [0.25, 0.3) is 0 Å². The second kappa shape index (κ2) is 5.35. The van der Waals surface area contributed by atoms with Crippen LogP contribution in [0.15, 0.2) is 51.9 Å². The molecule has 3 aromatic rings. The highest BCUT2D eigenvalue weighted by Gasteiger charge is 2.15. The number of hydrogen-bond acceptors (Lipinski definition) is 5. The first-order valence-electron chi connectivity index (χ1n) is 7.26. The topological polar surface area (TPSA) is 57.9 Å². The Morgan fingerprint density at radius 1 is 1.00 bits per heavy atom. The molecule has 5 heteroatoms. The molecule has 0 bridgehead atoms. The highest BCUT2D eigenvalue weighted by Crippen LogP contribution is 2.34. The molecule has 0 saturated heterocycles. The quantitative estimate of drug-likeness (QED) is 0.727. The third-order valence-electron chi connectivity index (χ3n) is 3.83. The molecule has 0 atom stereocenters. The van der Waals surface area contributed by atoms with E-state index in [1.54, 1.807) is 37.4 Å². The molecule has 0 fully saturated rings. The Morgan fingerprint density at radius 3 is 2.65 bits per heavy atom. The molecular weight excluding hydrogens is 296 g/mol. The van der Waals surface area contributed by atoms with Crippen molar-refractivity contribution < 1.29 is 18.6 Å². The van der Waals surface area contributed by atoms with Gasteiger partial charge in [-0.25, -0.2) is 0 Å². The van der Waals surface area contributed by atoms with E-state index in [4.69, 9.17) is 18.6 Å². The van der Waals surface area contributed by atoms with Crippen LogP contribution >= 0.6 is 0 Å². The van der Waals surface area contributed by atoms with Gasteiger partial charge in [0.05, 0.1) is 18.1 Å². The average molecular weight is 310 g/mol. The van der Waals surface area contributed by atoms with Crippen molar-refractivity contribution in [2.45, 2.75) is 0 Å². The molecule has 0 unspecified atom stereocenters. The van der Waals surface area contributed by atoms with Crippen molar-refractivity contribution >= 4 is 11.0 Å². The number of methoxy groups -OCH3 is 1. The van der Waals surface area contributed by atoms with Crippen molar-refractivity contribution in [2.24, 2.45) is 0 Å². The fourth-order valence-corrected chi connectivity index (χ4v) is 2.65. The van der Waals surface area contributed by atoms with Crippen LogP contribution in [0.4, 0.5) is 0 Å². The first-order valence-corrected chi connectivity index (χ1v) is 7.26. The van der Waals surface area contributed by atoms with E-state index in [2.05, 4.69) is 0 Å². The zero-order chi connectivity index (χ0) is 15.8. The molecule has 4 rings (SSSR count). The molecule has 116 valence electrons. The van der Waals surface area contributed by atoms with E-state index in [-0.39, 0.29) is 5.43 Å². The van der Waals surface area contributed by atoms with Crippen LogP contribution in [0.25, 0.3) is 22.1 Å². The molecule has 0 saturated carbocycles. The van der Waals surface area contributed by atoms with Crippen LogP contribution in [0.1, 0.15) is 0 Å². The van der Waals surface area contributed by atoms with Crippen LogP contribution in [0.5, 0.6) is 17.2 Å². The Bertz CT molecular complexity index is 942. The smallest absolute Gasteiger partial charge is 0.200 e.